The molecule has 0 aliphatic heterocycles. The summed E-state index contributed by atoms with van der Waals surface area (Å²) in [4.78, 5) is 0. The van der Waals surface area contributed by atoms with Gasteiger partial charge < -0.3 is 14.8 Å². The third-order valence-electron chi connectivity index (χ3n) is 3.68. The van der Waals surface area contributed by atoms with E-state index in [9.17, 15) is 0 Å². The molecule has 1 aliphatic rings. The predicted octanol–water partition coefficient (Wildman–Crippen LogP) is 4.05. The van der Waals surface area contributed by atoms with Crippen molar-refractivity contribution in [2.24, 2.45) is 0 Å². The van der Waals surface area contributed by atoms with E-state index >= 15 is 0 Å². The standard InChI is InChI=1S/C18H21NO2/c1-13-10-14(12-19-15-7-8-15)6-9-18(13)21-17-5-3-4-16(11-17)20-2/h3-6,9-11,15,19H,7-8,12H2,1-2H3. The van der Waals surface area contributed by atoms with Crippen molar-refractivity contribution < 1.29 is 9.47 Å². The molecule has 1 fully saturated rings. The number of rotatable bonds is 6. The monoisotopic (exact) mass is 283 g/mol. The highest BCUT2D eigenvalue weighted by molar-refractivity contribution is 5.41. The summed E-state index contributed by atoms with van der Waals surface area (Å²) in [7, 11) is 1.66. The molecule has 0 saturated heterocycles. The fourth-order valence-corrected chi connectivity index (χ4v) is 2.28. The van der Waals surface area contributed by atoms with Crippen molar-refractivity contribution in [1.29, 1.82) is 0 Å². The Bertz CT molecular complexity index is 620. The number of aryl methyl sites for hydroxylation is 1. The van der Waals surface area contributed by atoms with Crippen molar-refractivity contribution in [1.82, 2.24) is 5.32 Å². The highest BCUT2D eigenvalue weighted by Gasteiger charge is 2.19. The maximum absolute atomic E-state index is 5.94. The maximum Gasteiger partial charge on any atom is 0.131 e. The largest absolute Gasteiger partial charge is 0.497 e. The van der Waals surface area contributed by atoms with Gasteiger partial charge in [-0.05, 0) is 49.1 Å². The van der Waals surface area contributed by atoms with E-state index in [1.807, 2.05) is 30.3 Å². The normalized spacial score (nSPS) is 14.0. The van der Waals surface area contributed by atoms with Crippen LogP contribution >= 0.6 is 0 Å². The first-order chi connectivity index (χ1) is 10.2. The molecule has 0 unspecified atom stereocenters. The Hall–Kier alpha value is -2.00. The fourth-order valence-electron chi connectivity index (χ4n) is 2.28. The molecule has 21 heavy (non-hydrogen) atoms. The second-order valence-corrected chi connectivity index (χ2v) is 5.54. The zero-order valence-electron chi connectivity index (χ0n) is 12.6. The molecule has 0 spiro atoms. The van der Waals surface area contributed by atoms with E-state index in [2.05, 4.69) is 24.4 Å². The van der Waals surface area contributed by atoms with Gasteiger partial charge in [-0.15, -0.1) is 0 Å². The van der Waals surface area contributed by atoms with E-state index < -0.39 is 0 Å². The van der Waals surface area contributed by atoms with Crippen LogP contribution in [0, 0.1) is 6.92 Å². The van der Waals surface area contributed by atoms with Crippen molar-refractivity contribution in [2.45, 2.75) is 32.4 Å². The molecule has 2 aromatic carbocycles. The Labute approximate surface area is 125 Å². The van der Waals surface area contributed by atoms with Crippen LogP contribution in [0.3, 0.4) is 0 Å². The second kappa shape index (κ2) is 6.19. The molecule has 0 amide bonds. The molecule has 110 valence electrons. The lowest BCUT2D eigenvalue weighted by molar-refractivity contribution is 0.409. The third kappa shape index (κ3) is 3.76. The smallest absolute Gasteiger partial charge is 0.131 e. The van der Waals surface area contributed by atoms with Crippen molar-refractivity contribution in [2.75, 3.05) is 7.11 Å². The minimum Gasteiger partial charge on any atom is -0.497 e. The first-order valence-electron chi connectivity index (χ1n) is 7.39. The van der Waals surface area contributed by atoms with Gasteiger partial charge in [-0.2, -0.15) is 0 Å². The van der Waals surface area contributed by atoms with Crippen LogP contribution in [0.4, 0.5) is 0 Å². The van der Waals surface area contributed by atoms with E-state index in [1.165, 1.54) is 18.4 Å². The van der Waals surface area contributed by atoms with Crippen LogP contribution < -0.4 is 14.8 Å². The summed E-state index contributed by atoms with van der Waals surface area (Å²) >= 11 is 0. The molecular formula is C18H21NO2. The Morgan fingerprint density at radius 1 is 1.10 bits per heavy atom. The van der Waals surface area contributed by atoms with E-state index in [0.29, 0.717) is 0 Å². The Morgan fingerprint density at radius 3 is 2.62 bits per heavy atom. The van der Waals surface area contributed by atoms with Crippen LogP contribution in [0.1, 0.15) is 24.0 Å². The molecule has 0 heterocycles. The average Bonchev–Trinajstić information content (AvgIpc) is 3.32. The maximum atomic E-state index is 5.94. The summed E-state index contributed by atoms with van der Waals surface area (Å²) in [5.41, 5.74) is 2.45. The molecule has 0 radical (unpaired) electrons. The van der Waals surface area contributed by atoms with Gasteiger partial charge in [0, 0.05) is 18.7 Å². The van der Waals surface area contributed by atoms with E-state index in [4.69, 9.17) is 9.47 Å². The molecule has 0 aromatic heterocycles. The van der Waals surface area contributed by atoms with Crippen molar-refractivity contribution >= 4 is 0 Å². The number of hydrogen-bond donors (Lipinski definition) is 1. The zero-order valence-corrected chi connectivity index (χ0v) is 12.6. The lowest BCUT2D eigenvalue weighted by Gasteiger charge is -2.11. The Balaban J connectivity index is 1.69. The van der Waals surface area contributed by atoms with Gasteiger partial charge in [-0.3, -0.25) is 0 Å². The lowest BCUT2D eigenvalue weighted by atomic mass is 10.1. The number of hydrogen-bond acceptors (Lipinski definition) is 3. The van der Waals surface area contributed by atoms with Crippen LogP contribution in [0.2, 0.25) is 0 Å². The summed E-state index contributed by atoms with van der Waals surface area (Å²) in [6.45, 7) is 3.01. The van der Waals surface area contributed by atoms with Gasteiger partial charge in [0.15, 0.2) is 0 Å². The van der Waals surface area contributed by atoms with Gasteiger partial charge in [0.25, 0.3) is 0 Å². The number of nitrogens with one attached hydrogen (secondary N) is 1. The quantitative estimate of drug-likeness (QED) is 0.867. The summed E-state index contributed by atoms with van der Waals surface area (Å²) in [5.74, 6) is 2.48. The highest BCUT2D eigenvalue weighted by Crippen LogP contribution is 2.28. The van der Waals surface area contributed by atoms with Crippen LogP contribution in [0.15, 0.2) is 42.5 Å². The Morgan fingerprint density at radius 2 is 1.90 bits per heavy atom. The minimum atomic E-state index is 0.734. The van der Waals surface area contributed by atoms with Crippen LogP contribution in [-0.4, -0.2) is 13.2 Å². The molecule has 1 aliphatic carbocycles. The molecule has 2 aromatic rings. The first kappa shape index (κ1) is 14.0. The van der Waals surface area contributed by atoms with Gasteiger partial charge >= 0.3 is 0 Å². The van der Waals surface area contributed by atoms with Gasteiger partial charge in [0.05, 0.1) is 7.11 Å². The molecule has 1 saturated carbocycles. The lowest BCUT2D eigenvalue weighted by Crippen LogP contribution is -2.15. The van der Waals surface area contributed by atoms with Crippen LogP contribution in [-0.2, 0) is 6.54 Å². The van der Waals surface area contributed by atoms with Crippen molar-refractivity contribution in [3.63, 3.8) is 0 Å². The summed E-state index contributed by atoms with van der Waals surface area (Å²) < 4.78 is 11.2. The summed E-state index contributed by atoms with van der Waals surface area (Å²) in [6, 6.07) is 14.7. The Kier molecular flexibility index (Phi) is 4.11. The van der Waals surface area contributed by atoms with Crippen molar-refractivity contribution in [3.8, 4) is 17.2 Å². The summed E-state index contributed by atoms with van der Waals surface area (Å²) in [5, 5.41) is 3.53. The number of methoxy groups -OCH3 is 1. The van der Waals surface area contributed by atoms with Crippen LogP contribution in [0.25, 0.3) is 0 Å². The van der Waals surface area contributed by atoms with Gasteiger partial charge in [0.1, 0.15) is 17.2 Å². The molecule has 3 nitrogen and oxygen atoms in total. The molecule has 3 heteroatoms. The average molecular weight is 283 g/mol. The van der Waals surface area contributed by atoms with Crippen LogP contribution in [0.5, 0.6) is 17.2 Å². The highest BCUT2D eigenvalue weighted by atomic mass is 16.5. The molecule has 3 rings (SSSR count). The SMILES string of the molecule is COc1cccc(Oc2ccc(CNC3CC3)cc2C)c1. The molecule has 0 atom stereocenters. The summed E-state index contributed by atoms with van der Waals surface area (Å²) in [6.07, 6.45) is 2.63. The predicted molar refractivity (Wildman–Crippen MR) is 84.1 cm³/mol. The first-order valence-corrected chi connectivity index (χ1v) is 7.39. The van der Waals surface area contributed by atoms with Gasteiger partial charge in [-0.25, -0.2) is 0 Å². The van der Waals surface area contributed by atoms with Crippen molar-refractivity contribution in [3.05, 3.63) is 53.6 Å². The van der Waals surface area contributed by atoms with E-state index in [1.54, 1.807) is 7.11 Å². The number of ether oxygens (including phenoxy) is 2. The van der Waals surface area contributed by atoms with Gasteiger partial charge in [0.2, 0.25) is 0 Å². The third-order valence-corrected chi connectivity index (χ3v) is 3.68. The number of benzene rings is 2. The molecule has 0 bridgehead atoms. The second-order valence-electron chi connectivity index (χ2n) is 5.54. The molecular weight excluding hydrogens is 262 g/mol. The topological polar surface area (TPSA) is 30.5 Å². The van der Waals surface area contributed by atoms with E-state index in [0.717, 1.165) is 35.4 Å². The zero-order chi connectivity index (χ0) is 14.7. The van der Waals surface area contributed by atoms with Gasteiger partial charge in [-0.1, -0.05) is 18.2 Å². The minimum absolute atomic E-state index is 0.734. The van der Waals surface area contributed by atoms with E-state index in [-0.39, 0.29) is 0 Å². The molecule has 1 N–H and O–H groups in total. The fraction of sp³-hybridized carbons (Fsp3) is 0.333.